The van der Waals surface area contributed by atoms with Crippen LogP contribution in [0.15, 0.2) is 17.5 Å². The van der Waals surface area contributed by atoms with Crippen LogP contribution in [0.2, 0.25) is 0 Å². The number of fused-ring (bicyclic) bond motifs is 1. The predicted octanol–water partition coefficient (Wildman–Crippen LogP) is 3.82. The highest BCUT2D eigenvalue weighted by molar-refractivity contribution is 9.09. The summed E-state index contributed by atoms with van der Waals surface area (Å²) in [6.45, 7) is 3.54. The molecule has 0 aliphatic rings. The number of nitrogens with zero attached hydrogens (tertiary/aromatic N) is 1. The highest BCUT2D eigenvalue weighted by Crippen LogP contribution is 2.30. The molecule has 2 aromatic heterocycles. The van der Waals surface area contributed by atoms with Crippen LogP contribution in [0.5, 0.6) is 0 Å². The molecule has 0 atom stereocenters. The smallest absolute Gasteiger partial charge is 0.264 e. The topological polar surface area (TPSA) is 20.3 Å². The fourth-order valence-corrected chi connectivity index (χ4v) is 4.04. The normalized spacial score (nSPS) is 10.9. The lowest BCUT2D eigenvalue weighted by atomic mass is 10.4. The Morgan fingerprint density at radius 3 is 2.94 bits per heavy atom. The van der Waals surface area contributed by atoms with E-state index in [0.29, 0.717) is 0 Å². The van der Waals surface area contributed by atoms with Gasteiger partial charge in [0.1, 0.15) is 0 Å². The molecule has 5 heteroatoms. The van der Waals surface area contributed by atoms with Crippen LogP contribution in [0.1, 0.15) is 16.6 Å². The summed E-state index contributed by atoms with van der Waals surface area (Å²) in [4.78, 5) is 14.9. The number of carbonyl (C=O) groups is 1. The van der Waals surface area contributed by atoms with Gasteiger partial charge in [-0.1, -0.05) is 15.9 Å². The number of amides is 1. The highest BCUT2D eigenvalue weighted by atomic mass is 79.9. The summed E-state index contributed by atoms with van der Waals surface area (Å²) >= 11 is 6.64. The summed E-state index contributed by atoms with van der Waals surface area (Å²) in [5.74, 6) is 0.148. The average molecular weight is 318 g/mol. The average Bonchev–Trinajstić information content (AvgIpc) is 2.84. The third-order valence-corrected chi connectivity index (χ3v) is 4.81. The van der Waals surface area contributed by atoms with Crippen LogP contribution in [-0.2, 0) is 0 Å². The molecule has 2 heterocycles. The van der Waals surface area contributed by atoms with Crippen LogP contribution in [0, 0.1) is 0 Å². The van der Waals surface area contributed by atoms with Crippen molar-refractivity contribution in [2.24, 2.45) is 0 Å². The second-order valence-electron chi connectivity index (χ2n) is 3.33. The maximum Gasteiger partial charge on any atom is 0.264 e. The highest BCUT2D eigenvalue weighted by Gasteiger charge is 2.16. The molecule has 0 aliphatic carbocycles. The van der Waals surface area contributed by atoms with Crippen molar-refractivity contribution in [3.63, 3.8) is 0 Å². The van der Waals surface area contributed by atoms with Crippen molar-refractivity contribution in [2.45, 2.75) is 6.92 Å². The Balaban J connectivity index is 2.23. The molecule has 0 fully saturated rings. The molecular weight excluding hydrogens is 306 g/mol. The fraction of sp³-hybridized carbons (Fsp3) is 0.364. The van der Waals surface area contributed by atoms with Gasteiger partial charge >= 0.3 is 0 Å². The molecule has 86 valence electrons. The Kier molecular flexibility index (Phi) is 4.00. The molecule has 0 aromatic carbocycles. The Bertz CT molecular complexity index is 462. The molecule has 0 unspecified atom stereocenters. The molecule has 0 aliphatic heterocycles. The second-order valence-corrected chi connectivity index (χ2v) is 6.16. The van der Waals surface area contributed by atoms with E-state index in [1.165, 1.54) is 9.40 Å². The van der Waals surface area contributed by atoms with Gasteiger partial charge in [0.25, 0.3) is 5.91 Å². The summed E-state index contributed by atoms with van der Waals surface area (Å²) < 4.78 is 2.42. The zero-order chi connectivity index (χ0) is 11.5. The summed E-state index contributed by atoms with van der Waals surface area (Å²) in [6.07, 6.45) is 0. The van der Waals surface area contributed by atoms with E-state index < -0.39 is 0 Å². The molecule has 2 rings (SSSR count). The Morgan fingerprint density at radius 1 is 1.50 bits per heavy atom. The van der Waals surface area contributed by atoms with Gasteiger partial charge in [0.15, 0.2) is 0 Å². The second kappa shape index (κ2) is 5.29. The van der Waals surface area contributed by atoms with E-state index in [1.54, 1.807) is 22.7 Å². The molecule has 2 nitrogen and oxygen atoms in total. The van der Waals surface area contributed by atoms with Gasteiger partial charge in [0.2, 0.25) is 0 Å². The molecule has 0 spiro atoms. The number of alkyl halides is 1. The molecule has 0 radical (unpaired) electrons. The predicted molar refractivity (Wildman–Crippen MR) is 75.1 cm³/mol. The van der Waals surface area contributed by atoms with Crippen molar-refractivity contribution in [1.29, 1.82) is 0 Å². The van der Waals surface area contributed by atoms with Crippen molar-refractivity contribution >= 4 is 53.9 Å². The van der Waals surface area contributed by atoms with Crippen molar-refractivity contribution in [1.82, 2.24) is 4.90 Å². The third kappa shape index (κ3) is 2.31. The minimum atomic E-state index is 0.148. The molecule has 0 saturated carbocycles. The maximum atomic E-state index is 12.2. The lowest BCUT2D eigenvalue weighted by Crippen LogP contribution is -2.31. The molecule has 0 saturated heterocycles. The van der Waals surface area contributed by atoms with E-state index in [9.17, 15) is 4.79 Å². The van der Waals surface area contributed by atoms with E-state index in [1.807, 2.05) is 17.9 Å². The van der Waals surface area contributed by atoms with Crippen LogP contribution in [0.3, 0.4) is 0 Å². The van der Waals surface area contributed by atoms with E-state index in [4.69, 9.17) is 0 Å². The van der Waals surface area contributed by atoms with Gasteiger partial charge < -0.3 is 4.90 Å². The SMILES string of the molecule is CCN(CCBr)C(=O)c1cc2sccc2s1. The largest absolute Gasteiger partial charge is 0.337 e. The van der Waals surface area contributed by atoms with Crippen molar-refractivity contribution < 1.29 is 4.79 Å². The van der Waals surface area contributed by atoms with E-state index >= 15 is 0 Å². The molecule has 0 N–H and O–H groups in total. The van der Waals surface area contributed by atoms with Crippen LogP contribution in [0.4, 0.5) is 0 Å². The number of rotatable bonds is 4. The van der Waals surface area contributed by atoms with Gasteiger partial charge in [-0.3, -0.25) is 4.79 Å². The maximum absolute atomic E-state index is 12.2. The van der Waals surface area contributed by atoms with Crippen molar-refractivity contribution in [2.75, 3.05) is 18.4 Å². The minimum Gasteiger partial charge on any atom is -0.337 e. The van der Waals surface area contributed by atoms with Gasteiger partial charge in [-0.05, 0) is 24.4 Å². The van der Waals surface area contributed by atoms with Crippen LogP contribution >= 0.6 is 38.6 Å². The Hall–Kier alpha value is -0.390. The summed E-state index contributed by atoms with van der Waals surface area (Å²) in [6, 6.07) is 4.08. The summed E-state index contributed by atoms with van der Waals surface area (Å²) in [7, 11) is 0. The van der Waals surface area contributed by atoms with E-state index in [2.05, 4.69) is 27.4 Å². The quantitative estimate of drug-likeness (QED) is 0.785. The van der Waals surface area contributed by atoms with E-state index in [0.717, 1.165) is 23.3 Å². The standard InChI is InChI=1S/C11H12BrNOS2/c1-2-13(5-4-12)11(14)10-7-9-8(16-10)3-6-15-9/h3,6-7H,2,4-5H2,1H3. The monoisotopic (exact) mass is 317 g/mol. The molecule has 1 amide bonds. The summed E-state index contributed by atoms with van der Waals surface area (Å²) in [5.41, 5.74) is 0. The van der Waals surface area contributed by atoms with Gasteiger partial charge in [-0.2, -0.15) is 0 Å². The summed E-state index contributed by atoms with van der Waals surface area (Å²) in [5, 5.41) is 2.89. The minimum absolute atomic E-state index is 0.148. The lowest BCUT2D eigenvalue weighted by Gasteiger charge is -2.18. The zero-order valence-electron chi connectivity index (χ0n) is 8.90. The first-order valence-corrected chi connectivity index (χ1v) is 7.90. The van der Waals surface area contributed by atoms with Crippen LogP contribution in [0.25, 0.3) is 9.40 Å². The van der Waals surface area contributed by atoms with Crippen molar-refractivity contribution in [3.05, 3.63) is 22.4 Å². The van der Waals surface area contributed by atoms with E-state index in [-0.39, 0.29) is 5.91 Å². The first kappa shape index (κ1) is 12.1. The third-order valence-electron chi connectivity index (χ3n) is 2.37. The van der Waals surface area contributed by atoms with Gasteiger partial charge in [0.05, 0.1) is 4.88 Å². The van der Waals surface area contributed by atoms with Gasteiger partial charge in [0, 0.05) is 27.8 Å². The Labute approximate surface area is 111 Å². The molecular formula is C11H12BrNOS2. The number of hydrogen-bond acceptors (Lipinski definition) is 3. The Morgan fingerprint density at radius 2 is 2.31 bits per heavy atom. The zero-order valence-corrected chi connectivity index (χ0v) is 12.1. The van der Waals surface area contributed by atoms with Gasteiger partial charge in [-0.25, -0.2) is 0 Å². The molecule has 0 bridgehead atoms. The molecule has 16 heavy (non-hydrogen) atoms. The van der Waals surface area contributed by atoms with Crippen LogP contribution in [-0.4, -0.2) is 29.2 Å². The fourth-order valence-electron chi connectivity index (χ4n) is 1.53. The number of carbonyl (C=O) groups excluding carboxylic acids is 1. The molecule has 2 aromatic rings. The number of thiophene rings is 2. The van der Waals surface area contributed by atoms with Crippen molar-refractivity contribution in [3.8, 4) is 0 Å². The van der Waals surface area contributed by atoms with Crippen LogP contribution < -0.4 is 0 Å². The number of hydrogen-bond donors (Lipinski definition) is 0. The van der Waals surface area contributed by atoms with Gasteiger partial charge in [-0.15, -0.1) is 22.7 Å². The lowest BCUT2D eigenvalue weighted by molar-refractivity contribution is 0.0780. The first-order chi connectivity index (χ1) is 7.76. The number of halogens is 1. The first-order valence-electron chi connectivity index (χ1n) is 5.08.